The highest BCUT2D eigenvalue weighted by Gasteiger charge is 2.40. The number of benzene rings is 2. The standard InChI is InChI=1S/C21H22ClN3O6S/c1-30-14-6-4-13(5-7-14)11-23-21(27)17-3-2-8-25(17)32(28,29)19-10-18-16(9-15(19)22)24-20(26)12-31-18/h4-7,9-10,17H,2-3,8,11-12H2,1H3,(H,23,27)(H,24,26). The maximum absolute atomic E-state index is 13.4. The van der Waals surface area contributed by atoms with Crippen LogP contribution in [0.15, 0.2) is 41.3 Å². The summed E-state index contributed by atoms with van der Waals surface area (Å²) in [6, 6.07) is 9.02. The molecule has 11 heteroatoms. The van der Waals surface area contributed by atoms with Crippen LogP contribution >= 0.6 is 11.6 Å². The zero-order valence-corrected chi connectivity index (χ0v) is 18.8. The Kier molecular flexibility index (Phi) is 6.27. The first kappa shape index (κ1) is 22.4. The molecule has 2 aromatic carbocycles. The summed E-state index contributed by atoms with van der Waals surface area (Å²) in [5, 5.41) is 5.34. The number of hydrogen-bond acceptors (Lipinski definition) is 6. The minimum Gasteiger partial charge on any atom is -0.497 e. The second-order valence-electron chi connectivity index (χ2n) is 7.46. The molecule has 2 aromatic rings. The van der Waals surface area contributed by atoms with Gasteiger partial charge in [-0.3, -0.25) is 9.59 Å². The molecule has 2 N–H and O–H groups in total. The monoisotopic (exact) mass is 479 g/mol. The summed E-state index contributed by atoms with van der Waals surface area (Å²) in [5.41, 5.74) is 1.17. The van der Waals surface area contributed by atoms with E-state index in [9.17, 15) is 18.0 Å². The molecule has 1 saturated heterocycles. The molecule has 0 spiro atoms. The number of fused-ring (bicyclic) bond motifs is 1. The van der Waals surface area contributed by atoms with Crippen LogP contribution in [0.1, 0.15) is 18.4 Å². The van der Waals surface area contributed by atoms with Crippen LogP contribution in [0.25, 0.3) is 0 Å². The molecular formula is C21H22ClN3O6S. The lowest BCUT2D eigenvalue weighted by Gasteiger charge is -2.25. The number of halogens is 1. The Balaban J connectivity index is 1.51. The van der Waals surface area contributed by atoms with Crippen molar-refractivity contribution in [2.45, 2.75) is 30.3 Å². The molecule has 2 heterocycles. The third kappa shape index (κ3) is 4.38. The third-order valence-electron chi connectivity index (χ3n) is 5.39. The van der Waals surface area contributed by atoms with Crippen LogP contribution in [-0.2, 0) is 26.2 Å². The van der Waals surface area contributed by atoms with Crippen molar-refractivity contribution < 1.29 is 27.5 Å². The molecule has 2 aliphatic rings. The number of amides is 2. The van der Waals surface area contributed by atoms with Crippen molar-refractivity contribution in [3.05, 3.63) is 47.0 Å². The van der Waals surface area contributed by atoms with Gasteiger partial charge in [-0.15, -0.1) is 0 Å². The van der Waals surface area contributed by atoms with Gasteiger partial charge < -0.3 is 20.1 Å². The summed E-state index contributed by atoms with van der Waals surface area (Å²) >= 11 is 6.24. The summed E-state index contributed by atoms with van der Waals surface area (Å²) in [7, 11) is -2.50. The molecule has 1 unspecified atom stereocenters. The molecule has 0 bridgehead atoms. The summed E-state index contributed by atoms with van der Waals surface area (Å²) in [5.74, 6) is 0.197. The van der Waals surface area contributed by atoms with E-state index >= 15 is 0 Å². The summed E-state index contributed by atoms with van der Waals surface area (Å²) in [4.78, 5) is 24.2. The van der Waals surface area contributed by atoms with Crippen LogP contribution in [0.4, 0.5) is 5.69 Å². The molecule has 32 heavy (non-hydrogen) atoms. The van der Waals surface area contributed by atoms with Crippen LogP contribution in [0.3, 0.4) is 0 Å². The summed E-state index contributed by atoms with van der Waals surface area (Å²) in [6.45, 7) is 0.253. The smallest absolute Gasteiger partial charge is 0.262 e. The first-order valence-corrected chi connectivity index (χ1v) is 11.8. The van der Waals surface area contributed by atoms with E-state index < -0.39 is 16.1 Å². The Morgan fingerprint density at radius 1 is 1.31 bits per heavy atom. The molecule has 0 radical (unpaired) electrons. The lowest BCUT2D eigenvalue weighted by molar-refractivity contribution is -0.124. The molecule has 0 aromatic heterocycles. The number of carbonyl (C=O) groups excluding carboxylic acids is 2. The fourth-order valence-corrected chi connectivity index (χ4v) is 5.92. The van der Waals surface area contributed by atoms with Crippen molar-refractivity contribution in [1.29, 1.82) is 0 Å². The van der Waals surface area contributed by atoms with Gasteiger partial charge >= 0.3 is 0 Å². The van der Waals surface area contributed by atoms with Gasteiger partial charge in [0.25, 0.3) is 5.91 Å². The van der Waals surface area contributed by atoms with Crippen LogP contribution in [0, 0.1) is 0 Å². The number of nitrogens with one attached hydrogen (secondary N) is 2. The highest BCUT2D eigenvalue weighted by atomic mass is 35.5. The van der Waals surface area contributed by atoms with Gasteiger partial charge in [0.05, 0.1) is 17.8 Å². The maximum Gasteiger partial charge on any atom is 0.262 e. The highest BCUT2D eigenvalue weighted by molar-refractivity contribution is 7.89. The van der Waals surface area contributed by atoms with Crippen molar-refractivity contribution in [3.8, 4) is 11.5 Å². The van der Waals surface area contributed by atoms with Crippen LogP contribution < -0.4 is 20.1 Å². The van der Waals surface area contributed by atoms with E-state index in [0.29, 0.717) is 24.3 Å². The first-order valence-electron chi connectivity index (χ1n) is 9.98. The van der Waals surface area contributed by atoms with Crippen LogP contribution in [0.2, 0.25) is 5.02 Å². The minimum absolute atomic E-state index is 0.0566. The van der Waals surface area contributed by atoms with Crippen molar-refractivity contribution in [2.75, 3.05) is 25.6 Å². The lowest BCUT2D eigenvalue weighted by atomic mass is 10.2. The predicted octanol–water partition coefficient (Wildman–Crippen LogP) is 2.15. The molecule has 9 nitrogen and oxygen atoms in total. The van der Waals surface area contributed by atoms with Gasteiger partial charge in [0.15, 0.2) is 6.61 Å². The maximum atomic E-state index is 13.4. The van der Waals surface area contributed by atoms with Gasteiger partial charge in [-0.05, 0) is 36.6 Å². The van der Waals surface area contributed by atoms with Gasteiger partial charge in [0.2, 0.25) is 15.9 Å². The normalized spacial score (nSPS) is 18.4. The quantitative estimate of drug-likeness (QED) is 0.656. The van der Waals surface area contributed by atoms with Crippen molar-refractivity contribution in [3.63, 3.8) is 0 Å². The van der Waals surface area contributed by atoms with E-state index in [2.05, 4.69) is 10.6 Å². The lowest BCUT2D eigenvalue weighted by Crippen LogP contribution is -2.45. The number of nitrogens with zero attached hydrogens (tertiary/aromatic N) is 1. The highest BCUT2D eigenvalue weighted by Crippen LogP contribution is 2.38. The fraction of sp³-hybridized carbons (Fsp3) is 0.333. The number of rotatable bonds is 6. The van der Waals surface area contributed by atoms with E-state index in [1.165, 1.54) is 16.4 Å². The molecule has 2 amide bonds. The number of sulfonamides is 1. The van der Waals surface area contributed by atoms with Gasteiger partial charge in [0.1, 0.15) is 22.4 Å². The van der Waals surface area contributed by atoms with Gasteiger partial charge in [-0.2, -0.15) is 4.31 Å². The zero-order chi connectivity index (χ0) is 22.9. The van der Waals surface area contributed by atoms with Crippen LogP contribution in [-0.4, -0.2) is 50.8 Å². The molecule has 1 atom stereocenters. The first-order chi connectivity index (χ1) is 15.3. The predicted molar refractivity (Wildman–Crippen MR) is 117 cm³/mol. The molecule has 4 rings (SSSR count). The van der Waals surface area contributed by atoms with E-state index in [1.807, 2.05) is 12.1 Å². The van der Waals surface area contributed by atoms with E-state index in [4.69, 9.17) is 21.1 Å². The van der Waals surface area contributed by atoms with E-state index in [1.54, 1.807) is 19.2 Å². The Labute approximate surface area is 190 Å². The molecular weight excluding hydrogens is 458 g/mol. The largest absolute Gasteiger partial charge is 0.497 e. The van der Waals surface area contributed by atoms with Crippen molar-refractivity contribution >= 4 is 39.1 Å². The summed E-state index contributed by atoms with van der Waals surface area (Å²) < 4.78 is 38.4. The molecule has 0 saturated carbocycles. The van der Waals surface area contributed by atoms with E-state index in [0.717, 1.165) is 5.56 Å². The molecule has 170 valence electrons. The number of carbonyl (C=O) groups is 2. The number of methoxy groups -OCH3 is 1. The molecule has 2 aliphatic heterocycles. The van der Waals surface area contributed by atoms with Crippen molar-refractivity contribution in [2.24, 2.45) is 0 Å². The second kappa shape index (κ2) is 8.97. The Hall–Kier alpha value is -2.82. The molecule has 0 aliphatic carbocycles. The van der Waals surface area contributed by atoms with Gasteiger partial charge in [-0.25, -0.2) is 8.42 Å². The fourth-order valence-electron chi connectivity index (χ4n) is 3.75. The average Bonchev–Trinajstić information content (AvgIpc) is 3.28. The SMILES string of the molecule is COc1ccc(CNC(=O)C2CCCN2S(=O)(=O)c2cc3c(cc2Cl)NC(=O)CO3)cc1. The van der Waals surface area contributed by atoms with Crippen LogP contribution in [0.5, 0.6) is 11.5 Å². The van der Waals surface area contributed by atoms with Crippen molar-refractivity contribution in [1.82, 2.24) is 9.62 Å². The Morgan fingerprint density at radius 2 is 2.06 bits per heavy atom. The third-order valence-corrected chi connectivity index (χ3v) is 7.76. The van der Waals surface area contributed by atoms with E-state index in [-0.39, 0.29) is 47.2 Å². The topological polar surface area (TPSA) is 114 Å². The zero-order valence-electron chi connectivity index (χ0n) is 17.3. The number of ether oxygens (including phenoxy) is 2. The second-order valence-corrected chi connectivity index (χ2v) is 9.72. The number of anilines is 1. The average molecular weight is 480 g/mol. The van der Waals surface area contributed by atoms with Gasteiger partial charge in [0, 0.05) is 19.2 Å². The minimum atomic E-state index is -4.07. The Morgan fingerprint density at radius 3 is 2.78 bits per heavy atom. The number of hydrogen-bond donors (Lipinski definition) is 2. The Bertz CT molecular complexity index is 1150. The summed E-state index contributed by atoms with van der Waals surface area (Å²) in [6.07, 6.45) is 0.956. The molecule has 1 fully saturated rings. The van der Waals surface area contributed by atoms with Gasteiger partial charge in [-0.1, -0.05) is 23.7 Å².